The Labute approximate surface area is 129 Å². The first kappa shape index (κ1) is 14.4. The van der Waals surface area contributed by atoms with Crippen molar-refractivity contribution in [3.05, 3.63) is 53.1 Å². The third-order valence-corrected chi connectivity index (χ3v) is 3.97. The van der Waals surface area contributed by atoms with Crippen LogP contribution in [0.4, 0.5) is 0 Å². The molecule has 0 radical (unpaired) electrons. The predicted octanol–water partition coefficient (Wildman–Crippen LogP) is 3.72. The number of carbonyl (C=O) groups excluding carboxylic acids is 1. The van der Waals surface area contributed by atoms with Crippen LogP contribution in [0.3, 0.4) is 0 Å². The number of fused-ring (bicyclic) bond motifs is 1. The minimum atomic E-state index is -0.281. The average molecular weight is 298 g/mol. The Kier molecular flexibility index (Phi) is 3.75. The Morgan fingerprint density at radius 3 is 2.41 bits per heavy atom. The second-order valence-electron chi connectivity index (χ2n) is 5.25. The second-order valence-corrected chi connectivity index (χ2v) is 5.25. The summed E-state index contributed by atoms with van der Waals surface area (Å²) >= 11 is 0. The van der Waals surface area contributed by atoms with Crippen molar-refractivity contribution in [3.63, 3.8) is 0 Å². The molecule has 0 aliphatic carbocycles. The van der Waals surface area contributed by atoms with Gasteiger partial charge in [0.15, 0.2) is 5.78 Å². The van der Waals surface area contributed by atoms with Crippen molar-refractivity contribution < 1.29 is 19.0 Å². The average Bonchev–Trinajstić information content (AvgIpc) is 2.56. The molecule has 0 saturated heterocycles. The molecule has 0 spiro atoms. The maximum absolute atomic E-state index is 12.6. The van der Waals surface area contributed by atoms with Gasteiger partial charge in [0.2, 0.25) is 0 Å². The van der Waals surface area contributed by atoms with E-state index in [1.165, 1.54) is 0 Å². The van der Waals surface area contributed by atoms with Gasteiger partial charge in [0.25, 0.3) is 0 Å². The van der Waals surface area contributed by atoms with Crippen molar-refractivity contribution in [1.29, 1.82) is 0 Å². The van der Waals surface area contributed by atoms with Crippen LogP contribution in [0.1, 0.15) is 34.0 Å². The zero-order valence-electron chi connectivity index (χ0n) is 12.9. The normalized spacial score (nSPS) is 16.7. The lowest BCUT2D eigenvalue weighted by atomic mass is 9.93. The monoisotopic (exact) mass is 298 g/mol. The van der Waals surface area contributed by atoms with Crippen LogP contribution in [0.2, 0.25) is 0 Å². The Balaban J connectivity index is 2.10. The van der Waals surface area contributed by atoms with Crippen LogP contribution >= 0.6 is 0 Å². The number of hydrogen-bond acceptors (Lipinski definition) is 4. The first-order valence-electron chi connectivity index (χ1n) is 7.16. The van der Waals surface area contributed by atoms with Crippen molar-refractivity contribution in [3.8, 4) is 17.2 Å². The van der Waals surface area contributed by atoms with Crippen LogP contribution in [-0.2, 0) is 0 Å². The molecule has 0 aromatic heterocycles. The number of ketones is 1. The van der Waals surface area contributed by atoms with Gasteiger partial charge in [0.1, 0.15) is 28.9 Å². The number of hydrogen-bond donors (Lipinski definition) is 0. The summed E-state index contributed by atoms with van der Waals surface area (Å²) in [7, 11) is 3.13. The van der Waals surface area contributed by atoms with Gasteiger partial charge in [-0.05, 0) is 12.5 Å². The molecule has 1 atom stereocenters. The highest BCUT2D eigenvalue weighted by molar-refractivity contribution is 6.03. The highest BCUT2D eigenvalue weighted by Gasteiger charge is 2.33. The molecule has 1 heterocycles. The van der Waals surface area contributed by atoms with Gasteiger partial charge in [-0.1, -0.05) is 30.3 Å². The number of Topliss-reactive ketones (excluding diaryl/α,β-unsaturated/α-hetero) is 1. The lowest BCUT2D eigenvalue weighted by Crippen LogP contribution is -2.22. The van der Waals surface area contributed by atoms with Crippen LogP contribution in [-0.4, -0.2) is 20.0 Å². The zero-order chi connectivity index (χ0) is 15.7. The summed E-state index contributed by atoms with van der Waals surface area (Å²) in [5, 5.41) is 0. The summed E-state index contributed by atoms with van der Waals surface area (Å²) in [4.78, 5) is 12.6. The fourth-order valence-corrected chi connectivity index (χ4v) is 2.80. The molecule has 1 aliphatic rings. The van der Waals surface area contributed by atoms with Gasteiger partial charge >= 0.3 is 0 Å². The third kappa shape index (κ3) is 2.30. The zero-order valence-corrected chi connectivity index (χ0v) is 12.9. The van der Waals surface area contributed by atoms with Gasteiger partial charge in [-0.3, -0.25) is 4.79 Å². The summed E-state index contributed by atoms with van der Waals surface area (Å²) in [6.07, 6.45) is 0.0239. The Bertz CT molecular complexity index is 707. The fourth-order valence-electron chi connectivity index (χ4n) is 2.80. The summed E-state index contributed by atoms with van der Waals surface area (Å²) < 4.78 is 16.8. The van der Waals surface area contributed by atoms with E-state index in [0.717, 1.165) is 11.1 Å². The molecule has 3 rings (SSSR count). The topological polar surface area (TPSA) is 44.8 Å². The predicted molar refractivity (Wildman–Crippen MR) is 83.0 cm³/mol. The van der Waals surface area contributed by atoms with Crippen LogP contribution in [0.5, 0.6) is 17.2 Å². The highest BCUT2D eigenvalue weighted by atomic mass is 16.5. The largest absolute Gasteiger partial charge is 0.496 e. The Morgan fingerprint density at radius 2 is 1.77 bits per heavy atom. The van der Waals surface area contributed by atoms with E-state index in [4.69, 9.17) is 14.2 Å². The molecule has 2 aromatic carbocycles. The second kappa shape index (κ2) is 5.72. The van der Waals surface area contributed by atoms with E-state index in [-0.39, 0.29) is 11.9 Å². The maximum Gasteiger partial charge on any atom is 0.174 e. The molecule has 1 aliphatic heterocycles. The molecule has 2 aromatic rings. The number of carbonyl (C=O) groups is 1. The third-order valence-electron chi connectivity index (χ3n) is 3.97. The van der Waals surface area contributed by atoms with Crippen LogP contribution in [0.15, 0.2) is 36.4 Å². The van der Waals surface area contributed by atoms with Crippen molar-refractivity contribution in [1.82, 2.24) is 0 Å². The molecular formula is C18H18O4. The smallest absolute Gasteiger partial charge is 0.174 e. The van der Waals surface area contributed by atoms with E-state index in [9.17, 15) is 4.79 Å². The van der Waals surface area contributed by atoms with Crippen molar-refractivity contribution >= 4 is 5.78 Å². The SMILES string of the molecule is COc1cc(OC)c2c(c1C)O[C@@H](c1ccccc1)CC2=O. The van der Waals surface area contributed by atoms with E-state index < -0.39 is 0 Å². The van der Waals surface area contributed by atoms with E-state index in [2.05, 4.69) is 0 Å². The molecule has 4 nitrogen and oxygen atoms in total. The van der Waals surface area contributed by atoms with Crippen molar-refractivity contribution in [2.24, 2.45) is 0 Å². The minimum Gasteiger partial charge on any atom is -0.496 e. The van der Waals surface area contributed by atoms with Gasteiger partial charge in [-0.2, -0.15) is 0 Å². The highest BCUT2D eigenvalue weighted by Crippen LogP contribution is 2.45. The lowest BCUT2D eigenvalue weighted by molar-refractivity contribution is 0.0842. The molecule has 0 fully saturated rings. The summed E-state index contributed by atoms with van der Waals surface area (Å²) in [5.41, 5.74) is 2.31. The Hall–Kier alpha value is -2.49. The molecule has 0 saturated carbocycles. The Morgan fingerprint density at radius 1 is 1.09 bits per heavy atom. The summed E-state index contributed by atoms with van der Waals surface area (Å²) in [6, 6.07) is 11.5. The van der Waals surface area contributed by atoms with E-state index in [1.54, 1.807) is 20.3 Å². The molecule has 0 bridgehead atoms. The molecule has 114 valence electrons. The first-order chi connectivity index (χ1) is 10.7. The van der Waals surface area contributed by atoms with Crippen LogP contribution < -0.4 is 14.2 Å². The first-order valence-corrected chi connectivity index (χ1v) is 7.16. The standard InChI is InChI=1S/C18H18O4/c1-11-14(20-2)10-16(21-3)17-13(19)9-15(22-18(11)17)12-7-5-4-6-8-12/h4-8,10,15H,9H2,1-3H3/t15-/m1/s1. The number of ether oxygens (including phenoxy) is 3. The molecule has 22 heavy (non-hydrogen) atoms. The molecular weight excluding hydrogens is 280 g/mol. The minimum absolute atomic E-state index is 0.0257. The fraction of sp³-hybridized carbons (Fsp3) is 0.278. The van der Waals surface area contributed by atoms with E-state index >= 15 is 0 Å². The van der Waals surface area contributed by atoms with E-state index in [0.29, 0.717) is 29.2 Å². The quantitative estimate of drug-likeness (QED) is 0.866. The lowest BCUT2D eigenvalue weighted by Gasteiger charge is -2.28. The van der Waals surface area contributed by atoms with Crippen LogP contribution in [0.25, 0.3) is 0 Å². The van der Waals surface area contributed by atoms with Gasteiger partial charge < -0.3 is 14.2 Å². The molecule has 0 unspecified atom stereocenters. The van der Waals surface area contributed by atoms with E-state index in [1.807, 2.05) is 37.3 Å². The number of benzene rings is 2. The van der Waals surface area contributed by atoms with Gasteiger partial charge in [0.05, 0.1) is 20.6 Å². The van der Waals surface area contributed by atoms with Gasteiger partial charge in [-0.25, -0.2) is 0 Å². The number of methoxy groups -OCH3 is 2. The molecule has 4 heteroatoms. The summed E-state index contributed by atoms with van der Waals surface area (Å²) in [5.74, 6) is 1.73. The van der Waals surface area contributed by atoms with Gasteiger partial charge in [0, 0.05) is 11.6 Å². The number of rotatable bonds is 3. The van der Waals surface area contributed by atoms with Crippen molar-refractivity contribution in [2.45, 2.75) is 19.4 Å². The maximum atomic E-state index is 12.6. The van der Waals surface area contributed by atoms with Crippen LogP contribution in [0, 0.1) is 6.92 Å². The molecule has 0 N–H and O–H groups in total. The van der Waals surface area contributed by atoms with Crippen molar-refractivity contribution in [2.75, 3.05) is 14.2 Å². The molecule has 0 amide bonds. The van der Waals surface area contributed by atoms with Gasteiger partial charge in [-0.15, -0.1) is 0 Å². The summed E-state index contributed by atoms with van der Waals surface area (Å²) in [6.45, 7) is 1.89.